The second kappa shape index (κ2) is 9.43. The summed E-state index contributed by atoms with van der Waals surface area (Å²) in [6.45, 7) is 3.80. The Kier molecular flexibility index (Phi) is 7.56. The van der Waals surface area contributed by atoms with Gasteiger partial charge in [-0.05, 0) is 40.7 Å². The van der Waals surface area contributed by atoms with E-state index in [0.717, 1.165) is 16.9 Å². The number of methoxy groups -OCH3 is 2. The quantitative estimate of drug-likeness (QED) is 0.640. The van der Waals surface area contributed by atoms with Crippen LogP contribution < -0.4 is 14.8 Å². The van der Waals surface area contributed by atoms with Crippen LogP contribution in [0.2, 0.25) is 5.02 Å². The number of hydrogen-bond acceptors (Lipinski definition) is 5. The predicted octanol–water partition coefficient (Wildman–Crippen LogP) is 4.64. The van der Waals surface area contributed by atoms with Crippen LogP contribution in [0.15, 0.2) is 28.1 Å². The Morgan fingerprint density at radius 3 is 2.56 bits per heavy atom. The maximum absolute atomic E-state index is 12.4. The summed E-state index contributed by atoms with van der Waals surface area (Å²) in [5.41, 5.74) is 0.522. The van der Waals surface area contributed by atoms with Crippen molar-refractivity contribution < 1.29 is 14.3 Å². The first kappa shape index (κ1) is 20.0. The smallest absolute Gasteiger partial charge is 0.238 e. The molecule has 0 aliphatic carbocycles. The molecular formula is C17H20BrClN2O3S. The highest BCUT2D eigenvalue weighted by Gasteiger charge is 2.15. The van der Waals surface area contributed by atoms with Crippen molar-refractivity contribution in [3.05, 3.63) is 38.0 Å². The lowest BCUT2D eigenvalue weighted by atomic mass is 10.2. The fourth-order valence-corrected chi connectivity index (χ4v) is 4.05. The lowest BCUT2D eigenvalue weighted by Gasteiger charge is -2.20. The number of thiophene rings is 1. The first-order chi connectivity index (χ1) is 12.0. The molecule has 1 amide bonds. The van der Waals surface area contributed by atoms with Gasteiger partial charge >= 0.3 is 0 Å². The van der Waals surface area contributed by atoms with Crippen molar-refractivity contribution in [3.8, 4) is 11.5 Å². The Morgan fingerprint density at radius 2 is 2.00 bits per heavy atom. The van der Waals surface area contributed by atoms with E-state index in [9.17, 15) is 4.79 Å². The van der Waals surface area contributed by atoms with E-state index in [2.05, 4.69) is 32.2 Å². The first-order valence-corrected chi connectivity index (χ1v) is 9.63. The van der Waals surface area contributed by atoms with E-state index in [-0.39, 0.29) is 12.5 Å². The zero-order valence-electron chi connectivity index (χ0n) is 14.3. The minimum absolute atomic E-state index is 0.128. The number of anilines is 1. The highest BCUT2D eigenvalue weighted by molar-refractivity contribution is 9.11. The maximum atomic E-state index is 12.4. The van der Waals surface area contributed by atoms with E-state index in [1.54, 1.807) is 23.5 Å². The van der Waals surface area contributed by atoms with Gasteiger partial charge in [-0.3, -0.25) is 9.69 Å². The summed E-state index contributed by atoms with van der Waals surface area (Å²) in [7, 11) is 3.06. The van der Waals surface area contributed by atoms with Crippen molar-refractivity contribution in [2.45, 2.75) is 13.5 Å². The zero-order valence-corrected chi connectivity index (χ0v) is 17.4. The fraction of sp³-hybridized carbons (Fsp3) is 0.353. The molecule has 1 aromatic carbocycles. The standard InChI is InChI=1S/C17H20BrClN2O3S/c1-4-21(9-11-5-6-16(18)25-11)10-17(22)20-13-7-12(19)14(23-2)8-15(13)24-3/h5-8H,4,9-10H2,1-3H3,(H,20,22). The molecule has 0 aliphatic rings. The molecule has 0 saturated heterocycles. The number of amides is 1. The lowest BCUT2D eigenvalue weighted by Crippen LogP contribution is -2.32. The van der Waals surface area contributed by atoms with Crippen LogP contribution in [0.25, 0.3) is 0 Å². The van der Waals surface area contributed by atoms with Gasteiger partial charge in [0.15, 0.2) is 0 Å². The van der Waals surface area contributed by atoms with E-state index < -0.39 is 0 Å². The van der Waals surface area contributed by atoms with Gasteiger partial charge in [0.1, 0.15) is 11.5 Å². The zero-order chi connectivity index (χ0) is 18.4. The molecule has 0 bridgehead atoms. The molecule has 1 heterocycles. The third-order valence-corrected chi connectivity index (χ3v) is 5.47. The topological polar surface area (TPSA) is 50.8 Å². The number of carbonyl (C=O) groups excluding carboxylic acids is 1. The fourth-order valence-electron chi connectivity index (χ4n) is 2.29. The number of likely N-dealkylation sites (N-methyl/N-ethyl adjacent to an activating group) is 1. The molecule has 0 saturated carbocycles. The van der Waals surface area contributed by atoms with Gasteiger partial charge in [-0.15, -0.1) is 11.3 Å². The molecule has 0 fully saturated rings. The summed E-state index contributed by atoms with van der Waals surface area (Å²) in [4.78, 5) is 15.7. The second-order valence-corrected chi connectivity index (χ2v) is 8.20. The van der Waals surface area contributed by atoms with Crippen molar-refractivity contribution >= 4 is 50.5 Å². The van der Waals surface area contributed by atoms with Crippen LogP contribution in [0.3, 0.4) is 0 Å². The molecule has 1 N–H and O–H groups in total. The Hall–Kier alpha value is -1.28. The van der Waals surface area contributed by atoms with Gasteiger partial charge in [0.05, 0.1) is 35.3 Å². The van der Waals surface area contributed by atoms with Crippen LogP contribution in [-0.4, -0.2) is 38.1 Å². The molecule has 0 radical (unpaired) electrons. The molecule has 2 aromatic rings. The monoisotopic (exact) mass is 446 g/mol. The minimum atomic E-state index is -0.128. The van der Waals surface area contributed by atoms with E-state index in [1.807, 2.05) is 13.0 Å². The normalized spacial score (nSPS) is 10.8. The van der Waals surface area contributed by atoms with Crippen LogP contribution in [-0.2, 0) is 11.3 Å². The number of nitrogens with one attached hydrogen (secondary N) is 1. The molecule has 2 rings (SSSR count). The molecule has 0 atom stereocenters. The summed E-state index contributed by atoms with van der Waals surface area (Å²) >= 11 is 11.3. The average molecular weight is 448 g/mol. The summed E-state index contributed by atoms with van der Waals surface area (Å²) in [5.74, 6) is 0.867. The van der Waals surface area contributed by atoms with Crippen LogP contribution in [0, 0.1) is 0 Å². The second-order valence-electron chi connectivity index (χ2n) is 5.24. The Labute approximate surface area is 165 Å². The highest BCUT2D eigenvalue weighted by atomic mass is 79.9. The molecular weight excluding hydrogens is 428 g/mol. The van der Waals surface area contributed by atoms with Gasteiger partial charge in [0.2, 0.25) is 5.91 Å². The number of nitrogens with zero attached hydrogens (tertiary/aromatic N) is 1. The summed E-state index contributed by atoms with van der Waals surface area (Å²) in [6.07, 6.45) is 0. The van der Waals surface area contributed by atoms with E-state index in [0.29, 0.717) is 22.2 Å². The van der Waals surface area contributed by atoms with Gasteiger partial charge in [-0.2, -0.15) is 0 Å². The number of hydrogen-bond donors (Lipinski definition) is 1. The minimum Gasteiger partial charge on any atom is -0.495 e. The SMILES string of the molecule is CCN(CC(=O)Nc1cc(Cl)c(OC)cc1OC)Cc1ccc(Br)s1. The highest BCUT2D eigenvalue weighted by Crippen LogP contribution is 2.35. The first-order valence-electron chi connectivity index (χ1n) is 7.64. The van der Waals surface area contributed by atoms with Crippen molar-refractivity contribution in [1.29, 1.82) is 0 Å². The van der Waals surface area contributed by atoms with Gasteiger partial charge in [-0.1, -0.05) is 18.5 Å². The molecule has 25 heavy (non-hydrogen) atoms. The third kappa shape index (κ3) is 5.60. The molecule has 0 unspecified atom stereocenters. The van der Waals surface area contributed by atoms with Crippen LogP contribution in [0.5, 0.6) is 11.5 Å². The third-order valence-electron chi connectivity index (χ3n) is 3.57. The van der Waals surface area contributed by atoms with Crippen LogP contribution in [0.1, 0.15) is 11.8 Å². The number of benzene rings is 1. The maximum Gasteiger partial charge on any atom is 0.238 e. The Balaban J connectivity index is 2.04. The number of carbonyl (C=O) groups is 1. The molecule has 5 nitrogen and oxygen atoms in total. The van der Waals surface area contributed by atoms with Crippen LogP contribution >= 0.6 is 38.9 Å². The van der Waals surface area contributed by atoms with Gasteiger partial charge in [-0.25, -0.2) is 0 Å². The predicted molar refractivity (Wildman–Crippen MR) is 106 cm³/mol. The molecule has 0 spiro atoms. The van der Waals surface area contributed by atoms with Crippen LogP contribution in [0.4, 0.5) is 5.69 Å². The summed E-state index contributed by atoms with van der Waals surface area (Å²) in [6, 6.07) is 7.35. The van der Waals surface area contributed by atoms with E-state index >= 15 is 0 Å². The Bertz CT molecular complexity index is 739. The van der Waals surface area contributed by atoms with Crippen molar-refractivity contribution in [2.24, 2.45) is 0 Å². The molecule has 136 valence electrons. The average Bonchev–Trinajstić information content (AvgIpc) is 2.99. The van der Waals surface area contributed by atoms with Gasteiger partial charge in [0, 0.05) is 17.5 Å². The number of rotatable bonds is 8. The molecule has 8 heteroatoms. The number of ether oxygens (including phenoxy) is 2. The van der Waals surface area contributed by atoms with Crippen molar-refractivity contribution in [3.63, 3.8) is 0 Å². The largest absolute Gasteiger partial charge is 0.495 e. The molecule has 0 aliphatic heterocycles. The number of halogens is 2. The summed E-state index contributed by atoms with van der Waals surface area (Å²) in [5, 5.41) is 3.27. The van der Waals surface area contributed by atoms with Crippen molar-refractivity contribution in [1.82, 2.24) is 4.90 Å². The lowest BCUT2D eigenvalue weighted by molar-refractivity contribution is -0.117. The van der Waals surface area contributed by atoms with E-state index in [4.69, 9.17) is 21.1 Å². The Morgan fingerprint density at radius 1 is 1.28 bits per heavy atom. The van der Waals surface area contributed by atoms with Gasteiger partial charge < -0.3 is 14.8 Å². The van der Waals surface area contributed by atoms with E-state index in [1.165, 1.54) is 19.1 Å². The van der Waals surface area contributed by atoms with Gasteiger partial charge in [0.25, 0.3) is 0 Å². The summed E-state index contributed by atoms with van der Waals surface area (Å²) < 4.78 is 11.5. The molecule has 1 aromatic heterocycles. The van der Waals surface area contributed by atoms with Crippen molar-refractivity contribution in [2.75, 3.05) is 32.6 Å².